The number of aromatic nitrogens is 2. The number of ether oxygens (including phenoxy) is 1. The van der Waals surface area contributed by atoms with Crippen molar-refractivity contribution in [3.8, 4) is 11.4 Å². The number of carbonyl (C=O) groups excluding carboxylic acids is 1. The molecule has 33 heavy (non-hydrogen) atoms. The summed E-state index contributed by atoms with van der Waals surface area (Å²) in [5.74, 6) is 1.88. The first kappa shape index (κ1) is 22.1. The van der Waals surface area contributed by atoms with Crippen LogP contribution in [0.3, 0.4) is 0 Å². The number of fused-ring (bicyclic) bond motifs is 2. The molecule has 0 saturated carbocycles. The highest BCUT2D eigenvalue weighted by Crippen LogP contribution is 2.31. The Morgan fingerprint density at radius 2 is 1.97 bits per heavy atom. The van der Waals surface area contributed by atoms with Gasteiger partial charge in [-0.25, -0.2) is 4.98 Å². The van der Waals surface area contributed by atoms with Gasteiger partial charge < -0.3 is 9.64 Å². The van der Waals surface area contributed by atoms with Crippen LogP contribution < -0.4 is 15.2 Å². The summed E-state index contributed by atoms with van der Waals surface area (Å²) in [5, 5.41) is 0.559. The van der Waals surface area contributed by atoms with E-state index < -0.39 is 0 Å². The average Bonchev–Trinajstić information content (AvgIpc) is 3.32. The van der Waals surface area contributed by atoms with Crippen molar-refractivity contribution < 1.29 is 9.53 Å². The Bertz CT molecular complexity index is 1240. The zero-order valence-corrected chi connectivity index (χ0v) is 20.1. The van der Waals surface area contributed by atoms with Gasteiger partial charge in [0.1, 0.15) is 5.75 Å². The first-order chi connectivity index (χ1) is 16.2. The van der Waals surface area contributed by atoms with Crippen molar-refractivity contribution in [3.05, 3.63) is 70.1 Å². The molecule has 1 amide bonds. The predicted octanol–water partition coefficient (Wildman–Crippen LogP) is 4.35. The molecule has 8 heteroatoms. The number of hydrogen-bond donors (Lipinski definition) is 0. The van der Waals surface area contributed by atoms with Crippen LogP contribution in [-0.2, 0) is 17.6 Å². The zero-order chi connectivity index (χ0) is 22.8. The summed E-state index contributed by atoms with van der Waals surface area (Å²) in [6, 6.07) is 15.5. The monoisotopic (exact) mass is 479 g/mol. The fourth-order valence-corrected chi connectivity index (χ4v) is 6.20. The van der Waals surface area contributed by atoms with Crippen molar-refractivity contribution >= 4 is 35.1 Å². The lowest BCUT2D eigenvalue weighted by atomic mass is 10.0. The van der Waals surface area contributed by atoms with E-state index >= 15 is 0 Å². The molecule has 3 aromatic rings. The van der Waals surface area contributed by atoms with E-state index in [0.717, 1.165) is 54.4 Å². The van der Waals surface area contributed by atoms with E-state index in [4.69, 9.17) is 9.72 Å². The second kappa shape index (κ2) is 9.65. The van der Waals surface area contributed by atoms with Crippen LogP contribution in [0.2, 0.25) is 0 Å². The highest BCUT2D eigenvalue weighted by Gasteiger charge is 2.25. The highest BCUT2D eigenvalue weighted by atomic mass is 32.2. The van der Waals surface area contributed by atoms with E-state index in [1.807, 2.05) is 54.3 Å². The summed E-state index contributed by atoms with van der Waals surface area (Å²) in [5.41, 5.74) is 3.71. The van der Waals surface area contributed by atoms with Gasteiger partial charge in [0.05, 0.1) is 28.6 Å². The number of benzene rings is 2. The summed E-state index contributed by atoms with van der Waals surface area (Å²) in [4.78, 5) is 33.9. The first-order valence-corrected chi connectivity index (χ1v) is 13.2. The Balaban J connectivity index is 1.44. The van der Waals surface area contributed by atoms with E-state index in [0.29, 0.717) is 16.7 Å². The second-order valence-corrected chi connectivity index (χ2v) is 9.95. The number of carbonyl (C=O) groups is 1. The Kier molecular flexibility index (Phi) is 6.46. The number of hydrogen-bond acceptors (Lipinski definition) is 6. The van der Waals surface area contributed by atoms with Crippen molar-refractivity contribution in [3.63, 3.8) is 0 Å². The zero-order valence-electron chi connectivity index (χ0n) is 18.5. The summed E-state index contributed by atoms with van der Waals surface area (Å²) >= 11 is 2.89. The van der Waals surface area contributed by atoms with Gasteiger partial charge in [0.25, 0.3) is 5.56 Å². The molecule has 0 fully saturated rings. The minimum Gasteiger partial charge on any atom is -0.494 e. The van der Waals surface area contributed by atoms with Gasteiger partial charge in [-0.05, 0) is 55.7 Å². The van der Waals surface area contributed by atoms with Gasteiger partial charge in [-0.15, -0.1) is 11.8 Å². The summed E-state index contributed by atoms with van der Waals surface area (Å²) in [7, 11) is 0. The molecule has 2 aliphatic rings. The Hall–Kier alpha value is -2.71. The standard InChI is InChI=1S/C25H25N3O3S2/c1-2-31-19-11-9-18(10-12-19)28-24(30)23-20(13-15-32-23)26-25(28)33-16-22(29)27-14-5-7-17-6-3-4-8-21(17)27/h3-4,6,8-12H,2,5,7,13-16H2,1H3. The summed E-state index contributed by atoms with van der Waals surface area (Å²) in [6.45, 7) is 3.24. The minimum absolute atomic E-state index is 0.0366. The molecular formula is C25H25N3O3S2. The molecule has 0 spiro atoms. The molecule has 2 aromatic carbocycles. The maximum Gasteiger partial charge on any atom is 0.272 e. The van der Waals surface area contributed by atoms with Crippen LogP contribution in [-0.4, -0.2) is 40.1 Å². The lowest BCUT2D eigenvalue weighted by Crippen LogP contribution is -2.36. The molecule has 170 valence electrons. The topological polar surface area (TPSA) is 64.4 Å². The first-order valence-electron chi connectivity index (χ1n) is 11.2. The van der Waals surface area contributed by atoms with Crippen molar-refractivity contribution in [2.75, 3.05) is 29.6 Å². The molecule has 0 bridgehead atoms. The normalized spacial score (nSPS) is 14.6. The molecule has 0 atom stereocenters. The third kappa shape index (κ3) is 4.42. The Labute approximate surface area is 201 Å². The van der Waals surface area contributed by atoms with E-state index in [-0.39, 0.29) is 17.2 Å². The van der Waals surface area contributed by atoms with E-state index in [1.54, 1.807) is 16.3 Å². The number of aryl methyl sites for hydroxylation is 2. The number of anilines is 1. The highest BCUT2D eigenvalue weighted by molar-refractivity contribution is 8.00. The van der Waals surface area contributed by atoms with Crippen LogP contribution >= 0.6 is 23.5 Å². The molecule has 0 unspecified atom stereocenters. The quantitative estimate of drug-likeness (QED) is 0.387. The van der Waals surface area contributed by atoms with E-state index in [1.165, 1.54) is 17.3 Å². The van der Waals surface area contributed by atoms with Crippen molar-refractivity contribution in [2.24, 2.45) is 0 Å². The number of rotatable bonds is 6. The molecule has 0 N–H and O–H groups in total. The maximum absolute atomic E-state index is 13.4. The van der Waals surface area contributed by atoms with Gasteiger partial charge in [0.2, 0.25) is 5.91 Å². The van der Waals surface area contributed by atoms with Gasteiger partial charge in [-0.2, -0.15) is 0 Å². The fraction of sp³-hybridized carbons (Fsp3) is 0.320. The molecule has 0 radical (unpaired) electrons. The van der Waals surface area contributed by atoms with E-state index in [9.17, 15) is 9.59 Å². The maximum atomic E-state index is 13.4. The number of amides is 1. The third-order valence-electron chi connectivity index (χ3n) is 5.81. The smallest absolute Gasteiger partial charge is 0.272 e. The molecule has 5 rings (SSSR count). The van der Waals surface area contributed by atoms with Crippen LogP contribution in [0.15, 0.2) is 63.4 Å². The van der Waals surface area contributed by atoms with Crippen LogP contribution in [0, 0.1) is 0 Å². The molecule has 1 aromatic heterocycles. The summed E-state index contributed by atoms with van der Waals surface area (Å²) < 4.78 is 7.18. The van der Waals surface area contributed by atoms with Gasteiger partial charge >= 0.3 is 0 Å². The van der Waals surface area contributed by atoms with Gasteiger partial charge in [0.15, 0.2) is 5.16 Å². The lowest BCUT2D eigenvalue weighted by molar-refractivity contribution is -0.116. The van der Waals surface area contributed by atoms with Crippen LogP contribution in [0.5, 0.6) is 5.75 Å². The molecule has 0 aliphatic carbocycles. The third-order valence-corrected chi connectivity index (χ3v) is 7.84. The summed E-state index contributed by atoms with van der Waals surface area (Å²) in [6.07, 6.45) is 2.73. The van der Waals surface area contributed by atoms with E-state index in [2.05, 4.69) is 6.07 Å². The van der Waals surface area contributed by atoms with Crippen molar-refractivity contribution in [1.29, 1.82) is 0 Å². The Morgan fingerprint density at radius 3 is 2.79 bits per heavy atom. The van der Waals surface area contributed by atoms with Crippen molar-refractivity contribution in [2.45, 2.75) is 36.2 Å². The predicted molar refractivity (Wildman–Crippen MR) is 133 cm³/mol. The largest absolute Gasteiger partial charge is 0.494 e. The number of para-hydroxylation sites is 1. The number of thioether (sulfide) groups is 2. The van der Waals surface area contributed by atoms with Gasteiger partial charge in [0, 0.05) is 24.4 Å². The molecule has 2 aliphatic heterocycles. The molecule has 3 heterocycles. The van der Waals surface area contributed by atoms with Gasteiger partial charge in [-0.1, -0.05) is 30.0 Å². The minimum atomic E-state index is -0.0649. The molecule has 6 nitrogen and oxygen atoms in total. The fourth-order valence-electron chi connectivity index (χ4n) is 4.27. The Morgan fingerprint density at radius 1 is 1.15 bits per heavy atom. The lowest BCUT2D eigenvalue weighted by Gasteiger charge is -2.29. The van der Waals surface area contributed by atoms with Crippen LogP contribution in [0.25, 0.3) is 5.69 Å². The van der Waals surface area contributed by atoms with Crippen LogP contribution in [0.4, 0.5) is 5.69 Å². The second-order valence-electron chi connectivity index (χ2n) is 7.90. The molecular weight excluding hydrogens is 454 g/mol. The van der Waals surface area contributed by atoms with Crippen molar-refractivity contribution in [1.82, 2.24) is 9.55 Å². The SMILES string of the molecule is CCOc1ccc(-n2c(SCC(=O)N3CCCc4ccccc43)nc3c(c2=O)SCC3)cc1. The number of nitrogens with zero attached hydrogens (tertiary/aromatic N) is 3. The molecule has 0 saturated heterocycles. The van der Waals surface area contributed by atoms with Crippen LogP contribution in [0.1, 0.15) is 24.6 Å². The average molecular weight is 480 g/mol. The van der Waals surface area contributed by atoms with Gasteiger partial charge in [-0.3, -0.25) is 14.2 Å².